The standard InChI is InChI=1S/C16H26F2O5S/c17-16(18,24(20,21)22)11-23-10-15-5-3-1-2-4-14(9-19)6-12(7-15)13(15)8-14/h12-13,19H,1-11H2,(H,20,21,22). The lowest BCUT2D eigenvalue weighted by Gasteiger charge is -2.53. The van der Waals surface area contributed by atoms with Crippen molar-refractivity contribution < 1.29 is 31.6 Å². The van der Waals surface area contributed by atoms with Gasteiger partial charge in [0, 0.05) is 6.61 Å². The highest BCUT2D eigenvalue weighted by atomic mass is 32.2. The molecule has 0 amide bonds. The fourth-order valence-electron chi connectivity index (χ4n) is 5.40. The summed E-state index contributed by atoms with van der Waals surface area (Å²) in [5, 5.41) is 5.58. The molecule has 2 N–H and O–H groups in total. The number of rotatable bonds is 6. The molecule has 3 aliphatic carbocycles. The highest BCUT2D eigenvalue weighted by molar-refractivity contribution is 7.86. The van der Waals surface area contributed by atoms with Crippen molar-refractivity contribution in [2.75, 3.05) is 19.8 Å². The first-order valence-corrected chi connectivity index (χ1v) is 10.1. The van der Waals surface area contributed by atoms with Crippen LogP contribution in [-0.4, -0.2) is 43.2 Å². The lowest BCUT2D eigenvalue weighted by Crippen LogP contribution is -2.49. The van der Waals surface area contributed by atoms with E-state index in [-0.39, 0.29) is 24.0 Å². The van der Waals surface area contributed by atoms with E-state index in [9.17, 15) is 22.3 Å². The van der Waals surface area contributed by atoms with Gasteiger partial charge >= 0.3 is 15.4 Å². The minimum Gasteiger partial charge on any atom is -0.396 e. The molecular formula is C16H26F2O5S. The molecule has 5 nitrogen and oxygen atoms in total. The second-order valence-corrected chi connectivity index (χ2v) is 9.71. The zero-order chi connectivity index (χ0) is 17.6. The number of alkyl halides is 2. The summed E-state index contributed by atoms with van der Waals surface area (Å²) in [6, 6.07) is 0. The SMILES string of the molecule is O=S(=O)(O)C(F)(F)COCC12CCCCCC3(CO)CC(C1)C2C3. The van der Waals surface area contributed by atoms with Gasteiger partial charge in [0.15, 0.2) is 0 Å². The van der Waals surface area contributed by atoms with Crippen LogP contribution in [-0.2, 0) is 14.9 Å². The molecule has 0 aliphatic heterocycles. The summed E-state index contributed by atoms with van der Waals surface area (Å²) >= 11 is 0. The van der Waals surface area contributed by atoms with Crippen LogP contribution in [0.2, 0.25) is 0 Å². The Hall–Kier alpha value is -0.310. The maximum Gasteiger partial charge on any atom is 0.392 e. The van der Waals surface area contributed by atoms with Crippen LogP contribution in [0.5, 0.6) is 0 Å². The Balaban J connectivity index is 1.67. The molecule has 0 aromatic heterocycles. The van der Waals surface area contributed by atoms with Crippen LogP contribution in [0.25, 0.3) is 0 Å². The first-order chi connectivity index (χ1) is 11.1. The number of halogens is 2. The molecule has 0 saturated heterocycles. The predicted molar refractivity (Wildman–Crippen MR) is 83.2 cm³/mol. The van der Waals surface area contributed by atoms with Crippen LogP contribution in [0, 0.1) is 22.7 Å². The number of fused-ring (bicyclic) bond motifs is 1. The Morgan fingerprint density at radius 1 is 1.12 bits per heavy atom. The van der Waals surface area contributed by atoms with E-state index in [0.29, 0.717) is 11.8 Å². The maximum atomic E-state index is 13.3. The predicted octanol–water partition coefficient (Wildman–Crippen LogP) is 2.84. The molecule has 4 atom stereocenters. The summed E-state index contributed by atoms with van der Waals surface area (Å²) in [7, 11) is -5.45. The summed E-state index contributed by atoms with van der Waals surface area (Å²) in [6.45, 7) is -1.03. The Labute approximate surface area is 141 Å². The first-order valence-electron chi connectivity index (χ1n) is 8.67. The van der Waals surface area contributed by atoms with E-state index in [2.05, 4.69) is 0 Å². The van der Waals surface area contributed by atoms with Crippen molar-refractivity contribution in [3.8, 4) is 0 Å². The Morgan fingerprint density at radius 3 is 2.50 bits per heavy atom. The Morgan fingerprint density at radius 2 is 1.83 bits per heavy atom. The lowest BCUT2D eigenvalue weighted by atomic mass is 9.53. The van der Waals surface area contributed by atoms with Gasteiger partial charge in [-0.05, 0) is 54.8 Å². The minimum atomic E-state index is -5.45. The van der Waals surface area contributed by atoms with E-state index in [0.717, 1.165) is 51.4 Å². The average Bonchev–Trinajstić information content (AvgIpc) is 2.81. The van der Waals surface area contributed by atoms with Crippen LogP contribution in [0.4, 0.5) is 8.78 Å². The van der Waals surface area contributed by atoms with Crippen molar-refractivity contribution in [1.82, 2.24) is 0 Å². The summed E-state index contributed by atoms with van der Waals surface area (Å²) in [6.07, 6.45) is 7.87. The van der Waals surface area contributed by atoms with E-state index in [4.69, 9.17) is 9.29 Å². The molecule has 8 heteroatoms. The van der Waals surface area contributed by atoms with Crippen molar-refractivity contribution in [1.29, 1.82) is 0 Å². The van der Waals surface area contributed by atoms with E-state index in [1.165, 1.54) is 0 Å². The first kappa shape index (κ1) is 18.5. The second kappa shape index (κ2) is 6.14. The van der Waals surface area contributed by atoms with Crippen LogP contribution in [0.3, 0.4) is 0 Å². The van der Waals surface area contributed by atoms with Gasteiger partial charge in [-0.1, -0.05) is 19.3 Å². The van der Waals surface area contributed by atoms with Gasteiger partial charge in [0.1, 0.15) is 6.61 Å². The van der Waals surface area contributed by atoms with Crippen molar-refractivity contribution >= 4 is 10.1 Å². The molecule has 0 radical (unpaired) electrons. The van der Waals surface area contributed by atoms with Gasteiger partial charge in [0.25, 0.3) is 0 Å². The third-order valence-corrected chi connectivity index (χ3v) is 7.50. The lowest BCUT2D eigenvalue weighted by molar-refractivity contribution is -0.118. The third-order valence-electron chi connectivity index (χ3n) is 6.63. The number of aliphatic hydroxyl groups is 1. The topological polar surface area (TPSA) is 83.8 Å². The zero-order valence-corrected chi connectivity index (χ0v) is 14.5. The molecule has 0 aromatic rings. The fraction of sp³-hybridized carbons (Fsp3) is 1.00. The molecule has 3 rings (SSSR count). The molecular weight excluding hydrogens is 342 g/mol. The normalized spacial score (nSPS) is 39.7. The molecule has 0 heterocycles. The fourth-order valence-corrected chi connectivity index (χ4v) is 5.63. The van der Waals surface area contributed by atoms with Crippen LogP contribution in [0.1, 0.15) is 51.4 Å². The van der Waals surface area contributed by atoms with E-state index in [1.807, 2.05) is 0 Å². The van der Waals surface area contributed by atoms with E-state index < -0.39 is 22.0 Å². The van der Waals surface area contributed by atoms with Gasteiger partial charge in [-0.2, -0.15) is 17.2 Å². The van der Waals surface area contributed by atoms with Crippen molar-refractivity contribution in [3.05, 3.63) is 0 Å². The molecule has 2 bridgehead atoms. The molecule has 0 aromatic carbocycles. The summed E-state index contributed by atoms with van der Waals surface area (Å²) < 4.78 is 61.7. The van der Waals surface area contributed by atoms with Crippen LogP contribution >= 0.6 is 0 Å². The van der Waals surface area contributed by atoms with Crippen LogP contribution in [0.15, 0.2) is 0 Å². The molecule has 3 fully saturated rings. The molecule has 3 aliphatic rings. The summed E-state index contributed by atoms with van der Waals surface area (Å²) in [5.74, 6) is 0.878. The van der Waals surface area contributed by atoms with Gasteiger partial charge in [0.05, 0.1) is 6.61 Å². The number of hydrogen-bond acceptors (Lipinski definition) is 4. The van der Waals surface area contributed by atoms with Crippen molar-refractivity contribution in [2.45, 2.75) is 56.6 Å². The summed E-state index contributed by atoms with van der Waals surface area (Å²) in [4.78, 5) is 0. The highest BCUT2D eigenvalue weighted by Crippen LogP contribution is 2.67. The second-order valence-electron chi connectivity index (χ2n) is 8.17. The smallest absolute Gasteiger partial charge is 0.392 e. The Kier molecular flexibility index (Phi) is 4.73. The number of ether oxygens (including phenoxy) is 1. The quantitative estimate of drug-likeness (QED) is 0.705. The minimum absolute atomic E-state index is 0.0280. The van der Waals surface area contributed by atoms with Gasteiger partial charge in [0.2, 0.25) is 0 Å². The van der Waals surface area contributed by atoms with Gasteiger partial charge < -0.3 is 9.84 Å². The monoisotopic (exact) mass is 368 g/mol. The van der Waals surface area contributed by atoms with E-state index >= 15 is 0 Å². The molecule has 24 heavy (non-hydrogen) atoms. The largest absolute Gasteiger partial charge is 0.396 e. The highest BCUT2D eigenvalue weighted by Gasteiger charge is 2.61. The van der Waals surface area contributed by atoms with Gasteiger partial charge in [-0.25, -0.2) is 0 Å². The third kappa shape index (κ3) is 3.10. The number of aliphatic hydroxyl groups excluding tert-OH is 1. The molecule has 4 unspecified atom stereocenters. The zero-order valence-electron chi connectivity index (χ0n) is 13.7. The molecule has 0 spiro atoms. The maximum absolute atomic E-state index is 13.3. The molecule has 3 saturated carbocycles. The Bertz CT molecular complexity index is 581. The number of hydrogen-bond donors (Lipinski definition) is 2. The van der Waals surface area contributed by atoms with Crippen molar-refractivity contribution in [2.24, 2.45) is 22.7 Å². The van der Waals surface area contributed by atoms with Crippen LogP contribution < -0.4 is 0 Å². The van der Waals surface area contributed by atoms with E-state index in [1.54, 1.807) is 0 Å². The average molecular weight is 368 g/mol. The summed E-state index contributed by atoms with van der Waals surface area (Å²) in [5.41, 5.74) is -0.207. The van der Waals surface area contributed by atoms with Crippen molar-refractivity contribution in [3.63, 3.8) is 0 Å². The van der Waals surface area contributed by atoms with Gasteiger partial charge in [-0.15, -0.1) is 0 Å². The van der Waals surface area contributed by atoms with Gasteiger partial charge in [-0.3, -0.25) is 4.55 Å². The molecule has 140 valence electrons.